The van der Waals surface area contributed by atoms with Gasteiger partial charge in [-0.15, -0.1) is 0 Å². The van der Waals surface area contributed by atoms with Crippen LogP contribution in [0.1, 0.15) is 22.5 Å². The predicted molar refractivity (Wildman–Crippen MR) is 94.7 cm³/mol. The molecule has 1 aromatic carbocycles. The van der Waals surface area contributed by atoms with Crippen LogP contribution in [0, 0.1) is 0 Å². The maximum atomic E-state index is 12.4. The summed E-state index contributed by atoms with van der Waals surface area (Å²) in [5.74, 6) is -0.418. The molecule has 0 aliphatic carbocycles. The fraction of sp³-hybridized carbons (Fsp3) is 0.263. The molecule has 1 aliphatic heterocycles. The third kappa shape index (κ3) is 4.36. The van der Waals surface area contributed by atoms with Crippen molar-refractivity contribution in [1.82, 2.24) is 15.2 Å². The number of H-pyrrole nitrogens is 1. The Morgan fingerprint density at radius 3 is 2.72 bits per heavy atom. The number of aromatic nitrogens is 1. The number of carbonyl (C=O) groups is 2. The van der Waals surface area contributed by atoms with Gasteiger partial charge in [0, 0.05) is 25.4 Å². The van der Waals surface area contributed by atoms with E-state index in [9.17, 15) is 14.7 Å². The lowest BCUT2D eigenvalue weighted by Gasteiger charge is -2.36. The lowest BCUT2D eigenvalue weighted by Crippen LogP contribution is -2.56. The average molecular weight is 339 g/mol. The molecule has 2 amide bonds. The first-order chi connectivity index (χ1) is 12.1. The Balaban J connectivity index is 1.59. The van der Waals surface area contributed by atoms with Crippen molar-refractivity contribution in [2.45, 2.75) is 18.6 Å². The van der Waals surface area contributed by atoms with Gasteiger partial charge in [-0.1, -0.05) is 30.3 Å². The molecular weight excluding hydrogens is 318 g/mol. The van der Waals surface area contributed by atoms with Gasteiger partial charge in [0.2, 0.25) is 5.91 Å². The summed E-state index contributed by atoms with van der Waals surface area (Å²) in [6.07, 6.45) is 4.61. The molecule has 3 N–H and O–H groups in total. The normalized spacial score (nSPS) is 20.6. The first-order valence-corrected chi connectivity index (χ1v) is 8.28. The molecule has 2 atom stereocenters. The fourth-order valence-corrected chi connectivity index (χ4v) is 2.87. The second-order valence-corrected chi connectivity index (χ2v) is 6.05. The van der Waals surface area contributed by atoms with Gasteiger partial charge in [0.1, 0.15) is 5.69 Å². The van der Waals surface area contributed by atoms with E-state index in [2.05, 4.69) is 10.3 Å². The van der Waals surface area contributed by atoms with E-state index >= 15 is 0 Å². The molecule has 6 nitrogen and oxygen atoms in total. The van der Waals surface area contributed by atoms with Crippen molar-refractivity contribution in [3.8, 4) is 0 Å². The second kappa shape index (κ2) is 7.81. The van der Waals surface area contributed by atoms with E-state index in [1.54, 1.807) is 29.3 Å². The third-order valence-corrected chi connectivity index (χ3v) is 4.25. The van der Waals surface area contributed by atoms with Gasteiger partial charge in [0.15, 0.2) is 0 Å². The highest BCUT2D eigenvalue weighted by atomic mass is 16.3. The summed E-state index contributed by atoms with van der Waals surface area (Å²) in [6.45, 7) is 0.745. The maximum Gasteiger partial charge on any atom is 0.270 e. The zero-order valence-corrected chi connectivity index (χ0v) is 13.8. The Kier molecular flexibility index (Phi) is 5.30. The zero-order chi connectivity index (χ0) is 17.6. The monoisotopic (exact) mass is 339 g/mol. The molecule has 6 heteroatoms. The van der Waals surface area contributed by atoms with Gasteiger partial charge in [0.05, 0.1) is 12.1 Å². The van der Waals surface area contributed by atoms with Crippen LogP contribution < -0.4 is 5.32 Å². The summed E-state index contributed by atoms with van der Waals surface area (Å²) >= 11 is 0. The van der Waals surface area contributed by atoms with Crippen LogP contribution in [0.15, 0.2) is 54.7 Å². The van der Waals surface area contributed by atoms with E-state index in [-0.39, 0.29) is 18.4 Å². The van der Waals surface area contributed by atoms with Crippen LogP contribution in [0.25, 0.3) is 6.08 Å². The molecule has 130 valence electrons. The number of nitrogens with zero attached hydrogens (tertiary/aromatic N) is 1. The first kappa shape index (κ1) is 17.0. The number of hydrogen-bond donors (Lipinski definition) is 3. The van der Waals surface area contributed by atoms with Crippen LogP contribution in [-0.2, 0) is 4.79 Å². The number of amides is 2. The number of carbonyl (C=O) groups excluding carboxylic acids is 2. The summed E-state index contributed by atoms with van der Waals surface area (Å²) in [4.78, 5) is 29.0. The number of benzene rings is 1. The minimum atomic E-state index is -0.665. The van der Waals surface area contributed by atoms with Gasteiger partial charge in [-0.25, -0.2) is 0 Å². The highest BCUT2D eigenvalue weighted by Gasteiger charge is 2.31. The Morgan fingerprint density at radius 1 is 1.20 bits per heavy atom. The zero-order valence-electron chi connectivity index (χ0n) is 13.8. The van der Waals surface area contributed by atoms with E-state index in [0.717, 1.165) is 5.56 Å². The van der Waals surface area contributed by atoms with Crippen LogP contribution >= 0.6 is 0 Å². The molecule has 1 aliphatic rings. The number of aliphatic hydroxyl groups excluding tert-OH is 1. The standard InChI is InChI=1S/C19H21N3O3/c23-17-10-12-22(19(25)15-7-4-11-20-15)13-16(17)21-18(24)9-8-14-5-2-1-3-6-14/h1-9,11,16-17,20,23H,10,12-13H2,(H,21,24)/t16-,17+/m1/s1. The van der Waals surface area contributed by atoms with Crippen molar-refractivity contribution in [2.75, 3.05) is 13.1 Å². The molecule has 1 aromatic heterocycles. The summed E-state index contributed by atoms with van der Waals surface area (Å²) in [7, 11) is 0. The van der Waals surface area contributed by atoms with Crippen molar-refractivity contribution >= 4 is 17.9 Å². The second-order valence-electron chi connectivity index (χ2n) is 6.05. The van der Waals surface area contributed by atoms with Crippen LogP contribution in [0.5, 0.6) is 0 Å². The van der Waals surface area contributed by atoms with Gasteiger partial charge in [-0.05, 0) is 30.2 Å². The van der Waals surface area contributed by atoms with Gasteiger partial charge in [-0.2, -0.15) is 0 Å². The molecule has 0 spiro atoms. The van der Waals surface area contributed by atoms with E-state index in [0.29, 0.717) is 18.7 Å². The molecule has 1 saturated heterocycles. The van der Waals surface area contributed by atoms with Crippen LogP contribution in [0.3, 0.4) is 0 Å². The number of aliphatic hydroxyl groups is 1. The minimum Gasteiger partial charge on any atom is -0.391 e. The molecule has 0 saturated carbocycles. The molecular formula is C19H21N3O3. The number of nitrogens with one attached hydrogen (secondary N) is 2. The summed E-state index contributed by atoms with van der Waals surface area (Å²) in [6, 6.07) is 12.5. The van der Waals surface area contributed by atoms with Crippen molar-refractivity contribution in [2.24, 2.45) is 0 Å². The number of hydrogen-bond acceptors (Lipinski definition) is 3. The average Bonchev–Trinajstić information content (AvgIpc) is 3.17. The van der Waals surface area contributed by atoms with Crippen LogP contribution in [0.2, 0.25) is 0 Å². The number of likely N-dealkylation sites (tertiary alicyclic amines) is 1. The Hall–Kier alpha value is -2.86. The Labute approximate surface area is 146 Å². The smallest absolute Gasteiger partial charge is 0.270 e. The minimum absolute atomic E-state index is 0.129. The third-order valence-electron chi connectivity index (χ3n) is 4.25. The largest absolute Gasteiger partial charge is 0.391 e. The topological polar surface area (TPSA) is 85.4 Å². The summed E-state index contributed by atoms with van der Waals surface area (Å²) < 4.78 is 0. The molecule has 2 aromatic rings. The highest BCUT2D eigenvalue weighted by molar-refractivity contribution is 5.93. The quantitative estimate of drug-likeness (QED) is 0.737. The van der Waals surface area contributed by atoms with Crippen molar-refractivity contribution in [1.29, 1.82) is 0 Å². The molecule has 3 rings (SSSR count). The van der Waals surface area contributed by atoms with Crippen LogP contribution in [0.4, 0.5) is 0 Å². The molecule has 0 unspecified atom stereocenters. The van der Waals surface area contributed by atoms with Gasteiger partial charge >= 0.3 is 0 Å². The van der Waals surface area contributed by atoms with Gasteiger partial charge < -0.3 is 20.3 Å². The SMILES string of the molecule is O=C(C=Cc1ccccc1)N[C@@H]1CN(C(=O)c2ccc[nH]2)CC[C@@H]1O. The highest BCUT2D eigenvalue weighted by Crippen LogP contribution is 2.14. The lowest BCUT2D eigenvalue weighted by atomic mass is 10.0. The van der Waals surface area contributed by atoms with Crippen molar-refractivity contribution in [3.05, 3.63) is 66.0 Å². The molecule has 0 bridgehead atoms. The fourth-order valence-electron chi connectivity index (χ4n) is 2.87. The molecule has 25 heavy (non-hydrogen) atoms. The number of rotatable bonds is 4. The number of piperidine rings is 1. The van der Waals surface area contributed by atoms with Crippen molar-refractivity contribution < 1.29 is 14.7 Å². The molecule has 2 heterocycles. The summed E-state index contributed by atoms with van der Waals surface area (Å²) in [5, 5.41) is 12.9. The lowest BCUT2D eigenvalue weighted by molar-refractivity contribution is -0.118. The first-order valence-electron chi connectivity index (χ1n) is 8.28. The van der Waals surface area contributed by atoms with E-state index in [1.807, 2.05) is 30.3 Å². The van der Waals surface area contributed by atoms with Crippen LogP contribution in [-0.4, -0.2) is 52.0 Å². The van der Waals surface area contributed by atoms with Gasteiger partial charge in [0.25, 0.3) is 5.91 Å². The number of aromatic amines is 1. The van der Waals surface area contributed by atoms with E-state index in [4.69, 9.17) is 0 Å². The van der Waals surface area contributed by atoms with Crippen molar-refractivity contribution in [3.63, 3.8) is 0 Å². The Bertz CT molecular complexity index is 741. The molecule has 1 fully saturated rings. The maximum absolute atomic E-state index is 12.4. The Morgan fingerprint density at radius 2 is 2.00 bits per heavy atom. The van der Waals surface area contributed by atoms with Gasteiger partial charge in [-0.3, -0.25) is 9.59 Å². The van der Waals surface area contributed by atoms with E-state index in [1.165, 1.54) is 6.08 Å². The summed E-state index contributed by atoms with van der Waals surface area (Å²) in [5.41, 5.74) is 1.43. The molecule has 0 radical (unpaired) electrons. The van der Waals surface area contributed by atoms with E-state index < -0.39 is 12.1 Å². The predicted octanol–water partition coefficient (Wildman–Crippen LogP) is 1.42.